The summed E-state index contributed by atoms with van der Waals surface area (Å²) in [5, 5.41) is 6.51. The summed E-state index contributed by atoms with van der Waals surface area (Å²) in [6.45, 7) is 0.285. The molecule has 2 N–H and O–H groups in total. The number of hydrogen-bond acceptors (Lipinski definition) is 4. The van der Waals surface area contributed by atoms with Crippen LogP contribution in [0.1, 0.15) is 31.2 Å². The maximum atomic E-state index is 11.6. The quantitative estimate of drug-likeness (QED) is 0.649. The highest BCUT2D eigenvalue weighted by atomic mass is 16.5. The van der Waals surface area contributed by atoms with Crippen molar-refractivity contribution in [2.45, 2.75) is 32.2 Å². The molecule has 1 aliphatic carbocycles. The summed E-state index contributed by atoms with van der Waals surface area (Å²) in [7, 11) is 1.59. The molecule has 1 aromatic carbocycles. The normalized spacial score (nSPS) is 13.7. The molecule has 0 saturated heterocycles. The van der Waals surface area contributed by atoms with Crippen LogP contribution in [0, 0.1) is 0 Å². The molecule has 0 atom stereocenters. The number of nitrogens with zero attached hydrogens (tertiary/aromatic N) is 1. The zero-order chi connectivity index (χ0) is 15.1. The van der Waals surface area contributed by atoms with Crippen LogP contribution in [0.15, 0.2) is 29.4 Å². The predicted octanol–water partition coefficient (Wildman–Crippen LogP) is 1.36. The summed E-state index contributed by atoms with van der Waals surface area (Å²) in [5.74, 6) is -0.675. The van der Waals surface area contributed by atoms with E-state index in [-0.39, 0.29) is 6.54 Å². The molecule has 0 aromatic heterocycles. The summed E-state index contributed by atoms with van der Waals surface area (Å²) < 4.78 is 5.05. The van der Waals surface area contributed by atoms with Crippen LogP contribution in [0.3, 0.4) is 0 Å². The van der Waals surface area contributed by atoms with Gasteiger partial charge in [0.15, 0.2) is 0 Å². The largest absolute Gasteiger partial charge is 0.497 e. The van der Waals surface area contributed by atoms with E-state index in [1.807, 2.05) is 12.1 Å². The van der Waals surface area contributed by atoms with Crippen LogP contribution >= 0.6 is 0 Å². The van der Waals surface area contributed by atoms with E-state index in [1.165, 1.54) is 0 Å². The molecule has 0 radical (unpaired) electrons. The first-order valence-corrected chi connectivity index (χ1v) is 6.95. The van der Waals surface area contributed by atoms with Crippen molar-refractivity contribution in [2.24, 2.45) is 5.10 Å². The third-order valence-corrected chi connectivity index (χ3v) is 3.31. The highest BCUT2D eigenvalue weighted by Gasteiger charge is 2.14. The van der Waals surface area contributed by atoms with Crippen molar-refractivity contribution in [1.82, 2.24) is 10.7 Å². The second kappa shape index (κ2) is 7.42. The Labute approximate surface area is 123 Å². The molecule has 6 nitrogen and oxygen atoms in total. The van der Waals surface area contributed by atoms with E-state index < -0.39 is 11.8 Å². The van der Waals surface area contributed by atoms with E-state index in [0.29, 0.717) is 0 Å². The number of ether oxygens (including phenoxy) is 1. The van der Waals surface area contributed by atoms with E-state index in [0.717, 1.165) is 42.7 Å². The Kier molecular flexibility index (Phi) is 5.31. The van der Waals surface area contributed by atoms with Gasteiger partial charge in [0, 0.05) is 12.3 Å². The second-order valence-corrected chi connectivity index (χ2v) is 4.86. The first-order valence-electron chi connectivity index (χ1n) is 6.95. The lowest BCUT2D eigenvalue weighted by molar-refractivity contribution is -0.139. The smallest absolute Gasteiger partial charge is 0.329 e. The van der Waals surface area contributed by atoms with Crippen LogP contribution in [0.5, 0.6) is 5.75 Å². The fourth-order valence-electron chi connectivity index (χ4n) is 2.08. The van der Waals surface area contributed by atoms with E-state index in [4.69, 9.17) is 4.74 Å². The fraction of sp³-hybridized carbons (Fsp3) is 0.400. The van der Waals surface area contributed by atoms with Crippen LogP contribution < -0.4 is 15.5 Å². The molecule has 1 aliphatic rings. The Hall–Kier alpha value is -2.37. The van der Waals surface area contributed by atoms with Crippen molar-refractivity contribution in [3.05, 3.63) is 29.8 Å². The maximum absolute atomic E-state index is 11.6. The minimum Gasteiger partial charge on any atom is -0.497 e. The van der Waals surface area contributed by atoms with E-state index in [2.05, 4.69) is 15.8 Å². The molecule has 6 heteroatoms. The zero-order valence-electron chi connectivity index (χ0n) is 12.0. The maximum Gasteiger partial charge on any atom is 0.329 e. The van der Waals surface area contributed by atoms with Gasteiger partial charge in [0.05, 0.1) is 7.11 Å². The van der Waals surface area contributed by atoms with Crippen LogP contribution in [-0.4, -0.2) is 24.6 Å². The Morgan fingerprint density at radius 3 is 2.43 bits per heavy atom. The summed E-state index contributed by atoms with van der Waals surface area (Å²) in [6, 6.07) is 7.26. The van der Waals surface area contributed by atoms with Gasteiger partial charge in [-0.3, -0.25) is 9.59 Å². The summed E-state index contributed by atoms with van der Waals surface area (Å²) in [5.41, 5.74) is 4.13. The molecule has 21 heavy (non-hydrogen) atoms. The number of carbonyl (C=O) groups is 2. The van der Waals surface area contributed by atoms with E-state index in [1.54, 1.807) is 19.2 Å². The molecule has 1 saturated carbocycles. The van der Waals surface area contributed by atoms with Gasteiger partial charge in [0.1, 0.15) is 5.75 Å². The van der Waals surface area contributed by atoms with E-state index >= 15 is 0 Å². The fourth-order valence-corrected chi connectivity index (χ4v) is 2.08. The van der Waals surface area contributed by atoms with Gasteiger partial charge >= 0.3 is 11.8 Å². The molecule has 112 valence electrons. The predicted molar refractivity (Wildman–Crippen MR) is 78.9 cm³/mol. The van der Waals surface area contributed by atoms with Gasteiger partial charge in [-0.1, -0.05) is 12.1 Å². The number of carbonyl (C=O) groups excluding carboxylic acids is 2. The van der Waals surface area contributed by atoms with Gasteiger partial charge in [-0.05, 0) is 43.4 Å². The minimum absolute atomic E-state index is 0.285. The third kappa shape index (κ3) is 4.59. The van der Waals surface area contributed by atoms with Crippen molar-refractivity contribution < 1.29 is 14.3 Å². The van der Waals surface area contributed by atoms with Crippen LogP contribution in [0.4, 0.5) is 0 Å². The average molecular weight is 289 g/mol. The Morgan fingerprint density at radius 1 is 1.14 bits per heavy atom. The highest BCUT2D eigenvalue weighted by Crippen LogP contribution is 2.13. The number of benzene rings is 1. The van der Waals surface area contributed by atoms with Crippen LogP contribution in [-0.2, 0) is 16.1 Å². The van der Waals surface area contributed by atoms with Crippen molar-refractivity contribution in [3.8, 4) is 5.75 Å². The third-order valence-electron chi connectivity index (χ3n) is 3.31. The number of nitrogens with one attached hydrogen (secondary N) is 2. The van der Waals surface area contributed by atoms with Gasteiger partial charge in [0.2, 0.25) is 0 Å². The van der Waals surface area contributed by atoms with Crippen LogP contribution in [0.25, 0.3) is 0 Å². The molecule has 1 fully saturated rings. The van der Waals surface area contributed by atoms with Gasteiger partial charge in [-0.25, -0.2) is 5.43 Å². The van der Waals surface area contributed by atoms with Crippen molar-refractivity contribution in [1.29, 1.82) is 0 Å². The Bertz CT molecular complexity index is 530. The van der Waals surface area contributed by atoms with Crippen molar-refractivity contribution >= 4 is 17.5 Å². The van der Waals surface area contributed by atoms with Gasteiger partial charge in [-0.2, -0.15) is 5.10 Å². The van der Waals surface area contributed by atoms with E-state index in [9.17, 15) is 9.59 Å². The number of methoxy groups -OCH3 is 1. The summed E-state index contributed by atoms with van der Waals surface area (Å²) in [6.07, 6.45) is 3.98. The first-order chi connectivity index (χ1) is 10.2. The number of amides is 2. The molecule has 0 spiro atoms. The Morgan fingerprint density at radius 2 is 1.81 bits per heavy atom. The summed E-state index contributed by atoms with van der Waals surface area (Å²) in [4.78, 5) is 23.2. The first kappa shape index (κ1) is 15.0. The second-order valence-electron chi connectivity index (χ2n) is 4.86. The molecule has 0 heterocycles. The van der Waals surface area contributed by atoms with Crippen molar-refractivity contribution in [2.75, 3.05) is 7.11 Å². The molecule has 0 aliphatic heterocycles. The SMILES string of the molecule is COc1ccc(CNC(=O)C(=O)NN=C2CCCC2)cc1. The van der Waals surface area contributed by atoms with Gasteiger partial charge < -0.3 is 10.1 Å². The minimum atomic E-state index is -0.733. The van der Waals surface area contributed by atoms with Crippen LogP contribution in [0.2, 0.25) is 0 Å². The lowest BCUT2D eigenvalue weighted by atomic mass is 10.2. The zero-order valence-corrected chi connectivity index (χ0v) is 12.0. The number of rotatable bonds is 4. The Balaban J connectivity index is 1.77. The molecular formula is C15H19N3O3. The molecule has 0 unspecified atom stereocenters. The standard InChI is InChI=1S/C15H19N3O3/c1-21-13-8-6-11(7-9-13)10-16-14(19)15(20)18-17-12-4-2-3-5-12/h6-9H,2-5,10H2,1H3,(H,16,19)(H,18,20). The number of hydrogen-bond donors (Lipinski definition) is 2. The monoisotopic (exact) mass is 289 g/mol. The summed E-state index contributed by atoms with van der Waals surface area (Å²) >= 11 is 0. The molecule has 2 rings (SSSR count). The highest BCUT2D eigenvalue weighted by molar-refractivity contribution is 6.35. The van der Waals surface area contributed by atoms with Crippen molar-refractivity contribution in [3.63, 3.8) is 0 Å². The van der Waals surface area contributed by atoms with Gasteiger partial charge in [0.25, 0.3) is 0 Å². The number of hydrazone groups is 1. The molecule has 1 aromatic rings. The molecular weight excluding hydrogens is 270 g/mol. The van der Waals surface area contributed by atoms with Gasteiger partial charge in [-0.15, -0.1) is 0 Å². The topological polar surface area (TPSA) is 79.8 Å². The lowest BCUT2D eigenvalue weighted by Gasteiger charge is -2.05. The molecule has 2 amide bonds. The average Bonchev–Trinajstić information content (AvgIpc) is 3.04. The molecule has 0 bridgehead atoms. The lowest BCUT2D eigenvalue weighted by Crippen LogP contribution is -2.37.